The van der Waals surface area contributed by atoms with Crippen LogP contribution < -0.4 is 49.5 Å². The zero-order valence-electron chi connectivity index (χ0n) is 24.9. The van der Waals surface area contributed by atoms with Gasteiger partial charge in [-0.15, -0.1) is 0 Å². The summed E-state index contributed by atoms with van der Waals surface area (Å²) in [5, 5.41) is 14.5. The van der Waals surface area contributed by atoms with Gasteiger partial charge in [0.1, 0.15) is 0 Å². The first-order chi connectivity index (χ1) is 19.9. The summed E-state index contributed by atoms with van der Waals surface area (Å²) < 4.78 is 0. The van der Waals surface area contributed by atoms with Crippen molar-refractivity contribution in [1.29, 1.82) is 0 Å². The lowest BCUT2D eigenvalue weighted by Crippen LogP contribution is -2.37. The van der Waals surface area contributed by atoms with Gasteiger partial charge in [0.05, 0.1) is 0 Å². The minimum Gasteiger partial charge on any atom is -0.355 e. The predicted molar refractivity (Wildman–Crippen MR) is 162 cm³/mol. The van der Waals surface area contributed by atoms with Crippen molar-refractivity contribution in [2.45, 2.75) is 38.5 Å². The van der Waals surface area contributed by atoms with E-state index in [9.17, 15) is 19.2 Å². The van der Waals surface area contributed by atoms with Crippen LogP contribution in [0.25, 0.3) is 0 Å². The minimum atomic E-state index is -0.0514. The average molecular weight is 588 g/mol. The van der Waals surface area contributed by atoms with Gasteiger partial charge in [-0.2, -0.15) is 0 Å². The van der Waals surface area contributed by atoms with E-state index in [1.54, 1.807) is 0 Å². The predicted octanol–water partition coefficient (Wildman–Crippen LogP) is -4.18. The van der Waals surface area contributed by atoms with E-state index in [1.807, 2.05) is 0 Å². The highest BCUT2D eigenvalue weighted by Crippen LogP contribution is 1.99. The Morgan fingerprint density at radius 1 is 0.415 bits per heavy atom. The molecule has 0 unspecified atom stereocenters. The zero-order valence-corrected chi connectivity index (χ0v) is 24.9. The average Bonchev–Trinajstić information content (AvgIpc) is 2.97. The molecule has 0 radical (unpaired) electrons. The molecule has 41 heavy (non-hydrogen) atoms. The Bertz CT molecular complexity index is 596. The molecule has 4 amide bonds. The molecule has 0 aliphatic carbocycles. The Hall–Kier alpha value is -2.40. The standard InChI is InChI=1S/C26H57N11O4/c27-7-13-32-23(38)3-19-36(20-4-24(39)33-14-8-28)17-1-11-31-12-2-18-37(21-5-25(40)34-15-9-29)22-6-26(41)35-16-10-30/h31H,1-22,27-30H2,(H,32,38)(H,33,39)(H,34,40)(H,35,41). The summed E-state index contributed by atoms with van der Waals surface area (Å²) in [6.45, 7) is 8.72. The Labute approximate surface area is 245 Å². The van der Waals surface area contributed by atoms with Crippen LogP contribution in [0.3, 0.4) is 0 Å². The number of nitrogens with one attached hydrogen (secondary N) is 5. The second-order valence-corrected chi connectivity index (χ2v) is 9.69. The van der Waals surface area contributed by atoms with Crippen LogP contribution in [0.1, 0.15) is 38.5 Å². The van der Waals surface area contributed by atoms with Gasteiger partial charge >= 0.3 is 0 Å². The largest absolute Gasteiger partial charge is 0.355 e. The van der Waals surface area contributed by atoms with Gasteiger partial charge in [-0.25, -0.2) is 0 Å². The number of carbonyl (C=O) groups is 4. The summed E-state index contributed by atoms with van der Waals surface area (Å²) in [4.78, 5) is 52.2. The highest BCUT2D eigenvalue weighted by Gasteiger charge is 2.12. The maximum atomic E-state index is 12.0. The van der Waals surface area contributed by atoms with Crippen molar-refractivity contribution < 1.29 is 19.2 Å². The Balaban J connectivity index is 4.50. The SMILES string of the molecule is NCCNC(=O)CCN(CCCNCCCN(CCC(=O)NCCN)CCC(=O)NCCN)CCC(=O)NCCN. The van der Waals surface area contributed by atoms with Gasteiger partial charge in [-0.1, -0.05) is 0 Å². The third-order valence-corrected chi connectivity index (χ3v) is 6.14. The van der Waals surface area contributed by atoms with E-state index < -0.39 is 0 Å². The smallest absolute Gasteiger partial charge is 0.221 e. The molecule has 0 fully saturated rings. The lowest BCUT2D eigenvalue weighted by Gasteiger charge is -2.23. The highest BCUT2D eigenvalue weighted by molar-refractivity contribution is 5.77. The quantitative estimate of drug-likeness (QED) is 0.0398. The van der Waals surface area contributed by atoms with Crippen molar-refractivity contribution in [2.75, 3.05) is 105 Å². The summed E-state index contributed by atoms with van der Waals surface area (Å²) in [7, 11) is 0. The van der Waals surface area contributed by atoms with Crippen LogP contribution in [0, 0.1) is 0 Å². The fourth-order valence-electron chi connectivity index (χ4n) is 3.89. The van der Waals surface area contributed by atoms with E-state index in [4.69, 9.17) is 22.9 Å². The molecule has 0 saturated heterocycles. The molecule has 15 nitrogen and oxygen atoms in total. The van der Waals surface area contributed by atoms with Gasteiger partial charge in [0.2, 0.25) is 23.6 Å². The summed E-state index contributed by atoms with van der Waals surface area (Å²) in [6.07, 6.45) is 3.12. The van der Waals surface area contributed by atoms with Gasteiger partial charge in [-0.3, -0.25) is 19.2 Å². The third kappa shape index (κ3) is 25.1. The van der Waals surface area contributed by atoms with Gasteiger partial charge in [0, 0.05) is 104 Å². The molecule has 0 aromatic rings. The molecule has 0 rings (SSSR count). The first kappa shape index (κ1) is 38.6. The highest BCUT2D eigenvalue weighted by atomic mass is 16.2. The Morgan fingerprint density at radius 3 is 0.927 bits per heavy atom. The van der Waals surface area contributed by atoms with E-state index in [0.29, 0.717) is 104 Å². The van der Waals surface area contributed by atoms with Crippen molar-refractivity contribution in [2.24, 2.45) is 22.9 Å². The van der Waals surface area contributed by atoms with Crippen molar-refractivity contribution >= 4 is 23.6 Å². The van der Waals surface area contributed by atoms with E-state index in [1.165, 1.54) is 0 Å². The molecule has 0 heterocycles. The summed E-state index contributed by atoms with van der Waals surface area (Å²) >= 11 is 0. The number of amides is 4. The molecule has 15 heteroatoms. The van der Waals surface area contributed by atoms with Crippen LogP contribution in [0.5, 0.6) is 0 Å². The van der Waals surface area contributed by atoms with Crippen molar-refractivity contribution in [3.05, 3.63) is 0 Å². The molecule has 0 aliphatic rings. The summed E-state index contributed by atoms with van der Waals surface area (Å²) in [6, 6.07) is 0. The van der Waals surface area contributed by atoms with Gasteiger partial charge in [0.25, 0.3) is 0 Å². The summed E-state index contributed by atoms with van der Waals surface area (Å²) in [5.41, 5.74) is 21.8. The molecule has 0 bridgehead atoms. The number of carbonyl (C=O) groups excluding carboxylic acids is 4. The van der Waals surface area contributed by atoms with Crippen LogP contribution >= 0.6 is 0 Å². The van der Waals surface area contributed by atoms with Crippen molar-refractivity contribution in [3.63, 3.8) is 0 Å². The lowest BCUT2D eigenvalue weighted by atomic mass is 10.2. The lowest BCUT2D eigenvalue weighted by molar-refractivity contribution is -0.123. The maximum absolute atomic E-state index is 12.0. The van der Waals surface area contributed by atoms with Crippen LogP contribution in [-0.2, 0) is 19.2 Å². The van der Waals surface area contributed by atoms with E-state index >= 15 is 0 Å². The second-order valence-electron chi connectivity index (χ2n) is 9.69. The molecule has 0 aromatic carbocycles. The molecule has 0 spiro atoms. The Morgan fingerprint density at radius 2 is 0.683 bits per heavy atom. The molecular weight excluding hydrogens is 530 g/mol. The van der Waals surface area contributed by atoms with Crippen LogP contribution in [0.15, 0.2) is 0 Å². The third-order valence-electron chi connectivity index (χ3n) is 6.14. The van der Waals surface area contributed by atoms with E-state index in [-0.39, 0.29) is 23.6 Å². The number of hydrogen-bond donors (Lipinski definition) is 9. The fourth-order valence-corrected chi connectivity index (χ4v) is 3.89. The zero-order chi connectivity index (χ0) is 30.6. The van der Waals surface area contributed by atoms with E-state index in [2.05, 4.69) is 36.4 Å². The minimum absolute atomic E-state index is 0.0514. The molecule has 0 atom stereocenters. The topological polar surface area (TPSA) is 239 Å². The van der Waals surface area contributed by atoms with Gasteiger partial charge in [0.15, 0.2) is 0 Å². The molecule has 0 saturated carbocycles. The molecular formula is C26H57N11O4. The fraction of sp³-hybridized carbons (Fsp3) is 0.846. The number of nitrogens with two attached hydrogens (primary N) is 4. The first-order valence-electron chi connectivity index (χ1n) is 14.9. The number of rotatable bonds is 28. The number of nitrogens with zero attached hydrogens (tertiary/aromatic N) is 2. The number of hydrogen-bond acceptors (Lipinski definition) is 11. The van der Waals surface area contributed by atoms with Crippen LogP contribution in [0.2, 0.25) is 0 Å². The normalized spacial score (nSPS) is 11.1. The maximum Gasteiger partial charge on any atom is 0.221 e. The van der Waals surface area contributed by atoms with Crippen LogP contribution in [-0.4, -0.2) is 138 Å². The Kier molecular flexibility index (Phi) is 26.1. The monoisotopic (exact) mass is 587 g/mol. The summed E-state index contributed by atoms with van der Waals surface area (Å²) in [5.74, 6) is -0.206. The molecule has 0 aliphatic heterocycles. The molecule has 0 aromatic heterocycles. The van der Waals surface area contributed by atoms with Crippen LogP contribution in [0.4, 0.5) is 0 Å². The van der Waals surface area contributed by atoms with Gasteiger partial charge < -0.3 is 59.3 Å². The molecule has 240 valence electrons. The van der Waals surface area contributed by atoms with Gasteiger partial charge in [-0.05, 0) is 39.0 Å². The second kappa shape index (κ2) is 27.8. The molecule has 13 N–H and O–H groups in total. The van der Waals surface area contributed by atoms with Crippen molar-refractivity contribution in [1.82, 2.24) is 36.4 Å². The van der Waals surface area contributed by atoms with Crippen molar-refractivity contribution in [3.8, 4) is 0 Å². The first-order valence-corrected chi connectivity index (χ1v) is 14.9. The van der Waals surface area contributed by atoms with E-state index in [0.717, 1.165) is 39.0 Å².